The molecule has 0 aromatic heterocycles. The fourth-order valence-corrected chi connectivity index (χ4v) is 2.34. The lowest BCUT2D eigenvalue weighted by molar-refractivity contribution is -0.122. The molecule has 2 atom stereocenters. The second-order valence-corrected chi connectivity index (χ2v) is 4.36. The van der Waals surface area contributed by atoms with Gasteiger partial charge in [-0.3, -0.25) is 9.69 Å². The van der Waals surface area contributed by atoms with E-state index in [-0.39, 0.29) is 17.9 Å². The Bertz CT molecular complexity index is 363. The maximum atomic E-state index is 11.7. The summed E-state index contributed by atoms with van der Waals surface area (Å²) in [7, 11) is 0. The van der Waals surface area contributed by atoms with E-state index in [1.165, 1.54) is 0 Å². The number of likely N-dealkylation sites (tertiary alicyclic amines) is 1. The normalized spacial score (nSPS) is 23.2. The quantitative estimate of drug-likeness (QED) is 0.835. The molecule has 3 nitrogen and oxygen atoms in total. The lowest BCUT2D eigenvalue weighted by atomic mass is 10.0. The standard InChI is InChI=1S/C13H17NO2/c1-10(15)13(11-5-3-2-4-6-11)14-8-7-12(16)9-14/h2-6,12-13,16H,7-9H2,1H3/t12-,13?/m1/s1. The van der Waals surface area contributed by atoms with Gasteiger partial charge in [-0.15, -0.1) is 0 Å². The summed E-state index contributed by atoms with van der Waals surface area (Å²) < 4.78 is 0. The molecule has 0 saturated carbocycles. The third-order valence-electron chi connectivity index (χ3n) is 3.06. The van der Waals surface area contributed by atoms with Crippen LogP contribution in [0.2, 0.25) is 0 Å². The van der Waals surface area contributed by atoms with E-state index in [9.17, 15) is 9.90 Å². The molecule has 86 valence electrons. The van der Waals surface area contributed by atoms with Crippen molar-refractivity contribution in [2.75, 3.05) is 13.1 Å². The largest absolute Gasteiger partial charge is 0.392 e. The number of benzene rings is 1. The Balaban J connectivity index is 2.21. The average molecular weight is 219 g/mol. The molecule has 0 aliphatic carbocycles. The van der Waals surface area contributed by atoms with E-state index >= 15 is 0 Å². The number of carbonyl (C=O) groups is 1. The second-order valence-electron chi connectivity index (χ2n) is 4.36. The van der Waals surface area contributed by atoms with Crippen molar-refractivity contribution >= 4 is 5.78 Å². The van der Waals surface area contributed by atoms with Gasteiger partial charge in [0.1, 0.15) is 0 Å². The molecule has 1 fully saturated rings. The van der Waals surface area contributed by atoms with Gasteiger partial charge in [0.2, 0.25) is 0 Å². The van der Waals surface area contributed by atoms with Gasteiger partial charge in [0.15, 0.2) is 5.78 Å². The molecule has 16 heavy (non-hydrogen) atoms. The van der Waals surface area contributed by atoms with E-state index in [0.29, 0.717) is 6.54 Å². The molecule has 1 unspecified atom stereocenters. The third-order valence-corrected chi connectivity index (χ3v) is 3.06. The van der Waals surface area contributed by atoms with Crippen LogP contribution in [0.5, 0.6) is 0 Å². The van der Waals surface area contributed by atoms with Crippen molar-refractivity contribution in [1.82, 2.24) is 4.90 Å². The zero-order valence-corrected chi connectivity index (χ0v) is 9.47. The van der Waals surface area contributed by atoms with Crippen LogP contribution in [0.15, 0.2) is 30.3 Å². The van der Waals surface area contributed by atoms with E-state index in [0.717, 1.165) is 18.5 Å². The van der Waals surface area contributed by atoms with Gasteiger partial charge < -0.3 is 5.11 Å². The van der Waals surface area contributed by atoms with Gasteiger partial charge >= 0.3 is 0 Å². The zero-order valence-electron chi connectivity index (χ0n) is 9.47. The summed E-state index contributed by atoms with van der Waals surface area (Å²) in [5, 5.41) is 9.52. The van der Waals surface area contributed by atoms with Crippen molar-refractivity contribution in [3.8, 4) is 0 Å². The molecule has 0 bridgehead atoms. The Labute approximate surface area is 95.7 Å². The predicted octanol–water partition coefficient (Wildman–Crippen LogP) is 1.38. The van der Waals surface area contributed by atoms with Crippen LogP contribution in [0, 0.1) is 0 Å². The van der Waals surface area contributed by atoms with Crippen LogP contribution in [0.1, 0.15) is 24.9 Å². The first kappa shape index (κ1) is 11.3. The molecule has 1 saturated heterocycles. The minimum atomic E-state index is -0.287. The lowest BCUT2D eigenvalue weighted by Gasteiger charge is -2.25. The third kappa shape index (κ3) is 2.31. The Morgan fingerprint density at radius 2 is 2.12 bits per heavy atom. The number of hydrogen-bond acceptors (Lipinski definition) is 3. The topological polar surface area (TPSA) is 40.5 Å². The van der Waals surface area contributed by atoms with E-state index in [2.05, 4.69) is 4.90 Å². The Kier molecular flexibility index (Phi) is 3.36. The highest BCUT2D eigenvalue weighted by molar-refractivity contribution is 5.82. The number of hydrogen-bond donors (Lipinski definition) is 1. The average Bonchev–Trinajstić information content (AvgIpc) is 2.66. The van der Waals surface area contributed by atoms with Crippen molar-refractivity contribution in [3.05, 3.63) is 35.9 Å². The molecule has 2 rings (SSSR count). The Morgan fingerprint density at radius 1 is 1.44 bits per heavy atom. The number of β-amino-alcohol motifs (C(OH)–C–C–N with tert-alkyl or cyclic N) is 1. The van der Waals surface area contributed by atoms with Gasteiger partial charge in [-0.05, 0) is 18.9 Å². The van der Waals surface area contributed by atoms with Crippen molar-refractivity contribution in [2.24, 2.45) is 0 Å². The van der Waals surface area contributed by atoms with Gasteiger partial charge in [-0.25, -0.2) is 0 Å². The molecule has 1 heterocycles. The monoisotopic (exact) mass is 219 g/mol. The van der Waals surface area contributed by atoms with Gasteiger partial charge in [0.05, 0.1) is 12.1 Å². The van der Waals surface area contributed by atoms with Crippen molar-refractivity contribution in [3.63, 3.8) is 0 Å². The fraction of sp³-hybridized carbons (Fsp3) is 0.462. The van der Waals surface area contributed by atoms with E-state index in [1.54, 1.807) is 6.92 Å². The highest BCUT2D eigenvalue weighted by atomic mass is 16.3. The van der Waals surface area contributed by atoms with Crippen LogP contribution in [-0.4, -0.2) is 35.0 Å². The molecule has 3 heteroatoms. The lowest BCUT2D eigenvalue weighted by Crippen LogP contribution is -2.31. The Hall–Kier alpha value is -1.19. The van der Waals surface area contributed by atoms with E-state index < -0.39 is 0 Å². The van der Waals surface area contributed by atoms with Crippen LogP contribution in [0.25, 0.3) is 0 Å². The minimum Gasteiger partial charge on any atom is -0.392 e. The van der Waals surface area contributed by atoms with Gasteiger partial charge in [-0.2, -0.15) is 0 Å². The van der Waals surface area contributed by atoms with Crippen LogP contribution in [0.4, 0.5) is 0 Å². The minimum absolute atomic E-state index is 0.139. The predicted molar refractivity (Wildman–Crippen MR) is 62.1 cm³/mol. The maximum absolute atomic E-state index is 11.7. The van der Waals surface area contributed by atoms with Gasteiger partial charge in [-0.1, -0.05) is 30.3 Å². The molecule has 1 aliphatic rings. The number of aliphatic hydroxyl groups excluding tert-OH is 1. The first-order valence-electron chi connectivity index (χ1n) is 5.66. The summed E-state index contributed by atoms with van der Waals surface area (Å²) in [5.74, 6) is 0.139. The zero-order chi connectivity index (χ0) is 11.5. The van der Waals surface area contributed by atoms with Crippen LogP contribution in [0.3, 0.4) is 0 Å². The van der Waals surface area contributed by atoms with Crippen LogP contribution < -0.4 is 0 Å². The maximum Gasteiger partial charge on any atom is 0.151 e. The molecule has 1 aliphatic heterocycles. The van der Waals surface area contributed by atoms with Gasteiger partial charge in [0, 0.05) is 13.1 Å². The first-order chi connectivity index (χ1) is 7.68. The summed E-state index contributed by atoms with van der Waals surface area (Å²) in [6, 6.07) is 9.57. The van der Waals surface area contributed by atoms with Crippen molar-refractivity contribution in [1.29, 1.82) is 0 Å². The number of Topliss-reactive ketones (excluding diaryl/α,β-unsaturated/α-hetero) is 1. The van der Waals surface area contributed by atoms with E-state index in [4.69, 9.17) is 0 Å². The fourth-order valence-electron chi connectivity index (χ4n) is 2.34. The number of nitrogens with zero attached hydrogens (tertiary/aromatic N) is 1. The summed E-state index contributed by atoms with van der Waals surface area (Å²) in [6.45, 7) is 3.00. The van der Waals surface area contributed by atoms with Gasteiger partial charge in [0.25, 0.3) is 0 Å². The highest BCUT2D eigenvalue weighted by Crippen LogP contribution is 2.25. The number of ketones is 1. The molecule has 1 aromatic carbocycles. The smallest absolute Gasteiger partial charge is 0.151 e. The molecule has 1 aromatic rings. The first-order valence-corrected chi connectivity index (χ1v) is 5.66. The van der Waals surface area contributed by atoms with Crippen LogP contribution in [-0.2, 0) is 4.79 Å². The summed E-state index contributed by atoms with van der Waals surface area (Å²) in [4.78, 5) is 13.8. The molecular formula is C13H17NO2. The molecular weight excluding hydrogens is 202 g/mol. The second kappa shape index (κ2) is 4.76. The van der Waals surface area contributed by atoms with Crippen LogP contribution >= 0.6 is 0 Å². The summed E-state index contributed by atoms with van der Waals surface area (Å²) in [5.41, 5.74) is 1.02. The molecule has 0 amide bonds. The molecule has 0 spiro atoms. The number of aliphatic hydroxyl groups is 1. The molecule has 1 N–H and O–H groups in total. The number of rotatable bonds is 3. The Morgan fingerprint density at radius 3 is 2.62 bits per heavy atom. The number of carbonyl (C=O) groups excluding carboxylic acids is 1. The van der Waals surface area contributed by atoms with E-state index in [1.807, 2.05) is 30.3 Å². The van der Waals surface area contributed by atoms with Crippen molar-refractivity contribution in [2.45, 2.75) is 25.5 Å². The highest BCUT2D eigenvalue weighted by Gasteiger charge is 2.30. The SMILES string of the molecule is CC(=O)C(c1ccccc1)N1CC[C@@H](O)C1. The summed E-state index contributed by atoms with van der Waals surface area (Å²) in [6.07, 6.45) is 0.474. The van der Waals surface area contributed by atoms with Crippen molar-refractivity contribution < 1.29 is 9.90 Å². The molecule has 0 radical (unpaired) electrons. The summed E-state index contributed by atoms with van der Waals surface area (Å²) >= 11 is 0.